The molecule has 7 nitrogen and oxygen atoms in total. The Labute approximate surface area is 144 Å². The van der Waals surface area contributed by atoms with Crippen LogP contribution in [0.5, 0.6) is 0 Å². The van der Waals surface area contributed by atoms with E-state index in [1.165, 1.54) is 0 Å². The maximum absolute atomic E-state index is 11.9. The van der Waals surface area contributed by atoms with Gasteiger partial charge in [-0.2, -0.15) is 0 Å². The first-order valence-corrected chi connectivity index (χ1v) is 8.16. The monoisotopic (exact) mass is 334 g/mol. The zero-order valence-electron chi connectivity index (χ0n) is 15.6. The van der Waals surface area contributed by atoms with Gasteiger partial charge in [0, 0.05) is 32.4 Å². The van der Waals surface area contributed by atoms with Crippen LogP contribution >= 0.6 is 0 Å². The van der Waals surface area contributed by atoms with Crippen molar-refractivity contribution in [1.29, 1.82) is 0 Å². The van der Waals surface area contributed by atoms with Crippen LogP contribution in [0.3, 0.4) is 0 Å². The largest absolute Gasteiger partial charge is 0.363 e. The van der Waals surface area contributed by atoms with Crippen molar-refractivity contribution in [3.05, 3.63) is 23.9 Å². The number of guanidine groups is 1. The van der Waals surface area contributed by atoms with Crippen LogP contribution in [0.1, 0.15) is 33.3 Å². The van der Waals surface area contributed by atoms with Gasteiger partial charge in [-0.25, -0.2) is 9.98 Å². The van der Waals surface area contributed by atoms with Crippen LogP contribution in [0, 0.1) is 0 Å². The maximum atomic E-state index is 11.9. The van der Waals surface area contributed by atoms with Crippen LogP contribution in [0.25, 0.3) is 0 Å². The second-order valence-electron chi connectivity index (χ2n) is 6.76. The molecule has 7 heteroatoms. The third kappa shape index (κ3) is 7.80. The Hall–Kier alpha value is -2.31. The Bertz CT molecular complexity index is 562. The summed E-state index contributed by atoms with van der Waals surface area (Å²) in [6.07, 6.45) is 1.78. The van der Waals surface area contributed by atoms with Crippen molar-refractivity contribution < 1.29 is 4.79 Å². The first-order chi connectivity index (χ1) is 11.2. The molecule has 0 fully saturated rings. The smallest absolute Gasteiger partial charge is 0.239 e. The lowest BCUT2D eigenvalue weighted by Crippen LogP contribution is -2.48. The van der Waals surface area contributed by atoms with E-state index in [0.717, 1.165) is 17.9 Å². The van der Waals surface area contributed by atoms with Gasteiger partial charge in [0.15, 0.2) is 5.96 Å². The van der Waals surface area contributed by atoms with E-state index in [-0.39, 0.29) is 18.0 Å². The number of anilines is 1. The molecule has 1 amide bonds. The third-order valence-corrected chi connectivity index (χ3v) is 2.96. The van der Waals surface area contributed by atoms with Crippen molar-refractivity contribution in [1.82, 2.24) is 20.9 Å². The fraction of sp³-hybridized carbons (Fsp3) is 0.588. The molecule has 1 aromatic rings. The van der Waals surface area contributed by atoms with Crippen LogP contribution in [-0.4, -0.2) is 49.6 Å². The lowest BCUT2D eigenvalue weighted by molar-refractivity contribution is -0.121. The topological polar surface area (TPSA) is 81.7 Å². The molecule has 0 saturated heterocycles. The van der Waals surface area contributed by atoms with Gasteiger partial charge in [0.2, 0.25) is 5.91 Å². The van der Waals surface area contributed by atoms with Crippen LogP contribution in [0.15, 0.2) is 23.3 Å². The summed E-state index contributed by atoms with van der Waals surface area (Å²) in [7, 11) is 3.91. The van der Waals surface area contributed by atoms with E-state index in [1.807, 2.05) is 58.8 Å². The zero-order valence-corrected chi connectivity index (χ0v) is 15.6. The number of nitrogens with one attached hydrogen (secondary N) is 3. The SMILES string of the molecule is CCNC(=NCc1ccnc(N(C)C)c1)NCC(=O)NC(C)(C)C. The molecule has 0 spiro atoms. The van der Waals surface area contributed by atoms with Crippen molar-refractivity contribution in [2.45, 2.75) is 39.8 Å². The van der Waals surface area contributed by atoms with Crippen molar-refractivity contribution in [3.63, 3.8) is 0 Å². The Morgan fingerprint density at radius 2 is 2.00 bits per heavy atom. The van der Waals surface area contributed by atoms with E-state index in [1.54, 1.807) is 6.20 Å². The number of aliphatic imine (C=N–C) groups is 1. The molecule has 0 aliphatic rings. The van der Waals surface area contributed by atoms with Gasteiger partial charge in [-0.15, -0.1) is 0 Å². The molecule has 24 heavy (non-hydrogen) atoms. The number of aromatic nitrogens is 1. The highest BCUT2D eigenvalue weighted by Gasteiger charge is 2.13. The summed E-state index contributed by atoms with van der Waals surface area (Å²) in [4.78, 5) is 22.7. The van der Waals surface area contributed by atoms with Crippen molar-refractivity contribution in [3.8, 4) is 0 Å². The van der Waals surface area contributed by atoms with Gasteiger partial charge in [-0.3, -0.25) is 4.79 Å². The van der Waals surface area contributed by atoms with Gasteiger partial charge < -0.3 is 20.9 Å². The van der Waals surface area contributed by atoms with Crippen molar-refractivity contribution in [2.75, 3.05) is 32.1 Å². The Kier molecular flexibility index (Phi) is 7.48. The number of carbonyl (C=O) groups is 1. The summed E-state index contributed by atoms with van der Waals surface area (Å²) in [5, 5.41) is 9.11. The van der Waals surface area contributed by atoms with Crippen molar-refractivity contribution in [2.24, 2.45) is 4.99 Å². The van der Waals surface area contributed by atoms with E-state index >= 15 is 0 Å². The minimum atomic E-state index is -0.242. The summed E-state index contributed by atoms with van der Waals surface area (Å²) in [6, 6.07) is 3.94. The van der Waals surface area contributed by atoms with Crippen LogP contribution < -0.4 is 20.9 Å². The third-order valence-electron chi connectivity index (χ3n) is 2.96. The second-order valence-corrected chi connectivity index (χ2v) is 6.76. The molecule has 1 aromatic heterocycles. The van der Waals surface area contributed by atoms with Gasteiger partial charge in [-0.1, -0.05) is 0 Å². The minimum Gasteiger partial charge on any atom is -0.363 e. The van der Waals surface area contributed by atoms with Crippen LogP contribution in [0.2, 0.25) is 0 Å². The van der Waals surface area contributed by atoms with E-state index in [9.17, 15) is 4.79 Å². The maximum Gasteiger partial charge on any atom is 0.239 e. The zero-order chi connectivity index (χ0) is 18.2. The quantitative estimate of drug-likeness (QED) is 0.536. The fourth-order valence-electron chi connectivity index (χ4n) is 1.94. The van der Waals surface area contributed by atoms with Crippen molar-refractivity contribution >= 4 is 17.7 Å². The summed E-state index contributed by atoms with van der Waals surface area (Å²) in [6.45, 7) is 9.28. The highest BCUT2D eigenvalue weighted by atomic mass is 16.2. The summed E-state index contributed by atoms with van der Waals surface area (Å²) >= 11 is 0. The number of rotatable bonds is 6. The predicted octanol–water partition coefficient (Wildman–Crippen LogP) is 1.12. The molecular weight excluding hydrogens is 304 g/mol. The molecule has 0 atom stereocenters. The first kappa shape index (κ1) is 19.7. The lowest BCUT2D eigenvalue weighted by Gasteiger charge is -2.21. The molecule has 1 rings (SSSR count). The summed E-state index contributed by atoms with van der Waals surface area (Å²) in [5.74, 6) is 1.45. The fourth-order valence-corrected chi connectivity index (χ4v) is 1.94. The second kappa shape index (κ2) is 9.10. The van der Waals surface area contributed by atoms with E-state index in [2.05, 4.69) is 25.9 Å². The highest BCUT2D eigenvalue weighted by Crippen LogP contribution is 2.10. The molecule has 0 aromatic carbocycles. The molecule has 0 saturated carbocycles. The van der Waals surface area contributed by atoms with E-state index < -0.39 is 0 Å². The molecule has 1 heterocycles. The number of hydrogen-bond donors (Lipinski definition) is 3. The lowest BCUT2D eigenvalue weighted by atomic mass is 10.1. The average Bonchev–Trinajstić information content (AvgIpc) is 2.48. The minimum absolute atomic E-state index is 0.0630. The summed E-state index contributed by atoms with van der Waals surface area (Å²) in [5.41, 5.74) is 0.818. The van der Waals surface area contributed by atoms with Crippen LogP contribution in [0.4, 0.5) is 5.82 Å². The number of nitrogens with zero attached hydrogens (tertiary/aromatic N) is 3. The molecule has 0 radical (unpaired) electrons. The highest BCUT2D eigenvalue weighted by molar-refractivity contribution is 5.86. The molecule has 0 aliphatic carbocycles. The molecule has 0 bridgehead atoms. The Balaban J connectivity index is 2.65. The number of amides is 1. The summed E-state index contributed by atoms with van der Waals surface area (Å²) < 4.78 is 0. The van der Waals surface area contributed by atoms with Gasteiger partial charge in [-0.05, 0) is 45.4 Å². The van der Waals surface area contributed by atoms with Gasteiger partial charge >= 0.3 is 0 Å². The standard InChI is InChI=1S/C17H30N6O/c1-7-18-16(21-12-15(24)22-17(2,3)4)20-11-13-8-9-19-14(10-13)23(5)6/h8-10H,7,11-12H2,1-6H3,(H,22,24)(H2,18,20,21). The average molecular weight is 334 g/mol. The van der Waals surface area contributed by atoms with Gasteiger partial charge in [0.25, 0.3) is 0 Å². The number of hydrogen-bond acceptors (Lipinski definition) is 4. The predicted molar refractivity (Wildman–Crippen MR) is 99.3 cm³/mol. The van der Waals surface area contributed by atoms with Gasteiger partial charge in [0.05, 0.1) is 13.1 Å². The van der Waals surface area contributed by atoms with E-state index in [4.69, 9.17) is 0 Å². The molecule has 0 aliphatic heterocycles. The molecular formula is C17H30N6O. The van der Waals surface area contributed by atoms with Gasteiger partial charge in [0.1, 0.15) is 5.82 Å². The van der Waals surface area contributed by atoms with Crippen LogP contribution in [-0.2, 0) is 11.3 Å². The molecule has 3 N–H and O–H groups in total. The number of pyridine rings is 1. The van der Waals surface area contributed by atoms with E-state index in [0.29, 0.717) is 12.5 Å². The Morgan fingerprint density at radius 3 is 2.58 bits per heavy atom. The first-order valence-electron chi connectivity index (χ1n) is 8.16. The number of carbonyl (C=O) groups excluding carboxylic acids is 1. The molecule has 134 valence electrons. The normalized spacial score (nSPS) is 11.8. The Morgan fingerprint density at radius 1 is 1.29 bits per heavy atom. The molecule has 0 unspecified atom stereocenters.